The second-order valence-corrected chi connectivity index (χ2v) is 7.15. The van der Waals surface area contributed by atoms with Gasteiger partial charge in [-0.3, -0.25) is 4.79 Å². The van der Waals surface area contributed by atoms with E-state index in [-0.39, 0.29) is 36.1 Å². The van der Waals surface area contributed by atoms with Crippen molar-refractivity contribution in [3.63, 3.8) is 0 Å². The number of piperidine rings is 1. The average molecular weight is 381 g/mol. The van der Waals surface area contributed by atoms with Gasteiger partial charge in [-0.25, -0.2) is 4.68 Å². The molecule has 1 aliphatic heterocycles. The molecule has 140 valence electrons. The largest absolute Gasteiger partial charge is 0.350 e. The number of rotatable bonds is 6. The first-order chi connectivity index (χ1) is 10.4. The van der Waals surface area contributed by atoms with Crippen molar-refractivity contribution in [2.24, 2.45) is 5.41 Å². The molecule has 0 spiro atoms. The van der Waals surface area contributed by atoms with Crippen LogP contribution < -0.4 is 10.6 Å². The Kier molecular flexibility index (Phi) is 9.80. The van der Waals surface area contributed by atoms with Crippen LogP contribution in [0.15, 0.2) is 6.20 Å². The van der Waals surface area contributed by atoms with Crippen molar-refractivity contribution >= 4 is 30.7 Å². The van der Waals surface area contributed by atoms with Gasteiger partial charge in [0.2, 0.25) is 0 Å². The first-order valence-corrected chi connectivity index (χ1v) is 7.93. The number of amides is 1. The van der Waals surface area contributed by atoms with Crippen LogP contribution in [0.4, 0.5) is 0 Å². The molecule has 0 unspecified atom stereocenters. The molecule has 0 radical (unpaired) electrons. The highest BCUT2D eigenvalue weighted by Crippen LogP contribution is 2.17. The van der Waals surface area contributed by atoms with Gasteiger partial charge in [0.05, 0.1) is 12.2 Å². The number of hydrogen-bond donors (Lipinski definition) is 2. The third-order valence-corrected chi connectivity index (χ3v) is 3.90. The van der Waals surface area contributed by atoms with E-state index < -0.39 is 0 Å². The highest BCUT2D eigenvalue weighted by atomic mass is 35.5. The van der Waals surface area contributed by atoms with Crippen LogP contribution in [0.2, 0.25) is 0 Å². The number of carbonyl (C=O) groups excluding carboxylic acids is 1. The maximum Gasteiger partial charge on any atom is 0.273 e. The van der Waals surface area contributed by atoms with Crippen LogP contribution in [0.5, 0.6) is 0 Å². The predicted octanol–water partition coefficient (Wildman–Crippen LogP) is 1.36. The Hall–Kier alpha value is -0.890. The number of nitrogens with one attached hydrogen (secondary N) is 2. The third-order valence-electron chi connectivity index (χ3n) is 3.90. The summed E-state index contributed by atoms with van der Waals surface area (Å²) in [6, 6.07) is 0.348. The quantitative estimate of drug-likeness (QED) is 0.779. The Morgan fingerprint density at radius 3 is 2.58 bits per heavy atom. The number of aromatic nitrogens is 3. The van der Waals surface area contributed by atoms with E-state index in [0.717, 1.165) is 32.5 Å². The minimum absolute atomic E-state index is 0. The van der Waals surface area contributed by atoms with Gasteiger partial charge < -0.3 is 15.5 Å². The molecule has 9 heteroatoms. The zero-order valence-corrected chi connectivity index (χ0v) is 16.5. The predicted molar refractivity (Wildman–Crippen MR) is 100 cm³/mol. The fourth-order valence-electron chi connectivity index (χ4n) is 2.95. The Morgan fingerprint density at radius 2 is 2.00 bits per heavy atom. The van der Waals surface area contributed by atoms with Gasteiger partial charge >= 0.3 is 0 Å². The first kappa shape index (κ1) is 23.1. The van der Waals surface area contributed by atoms with Gasteiger partial charge in [-0.2, -0.15) is 0 Å². The van der Waals surface area contributed by atoms with Crippen molar-refractivity contribution in [2.45, 2.75) is 32.7 Å². The van der Waals surface area contributed by atoms with E-state index in [0.29, 0.717) is 18.3 Å². The molecule has 1 aromatic rings. The van der Waals surface area contributed by atoms with E-state index in [4.69, 9.17) is 0 Å². The van der Waals surface area contributed by atoms with E-state index in [1.54, 1.807) is 6.20 Å². The van der Waals surface area contributed by atoms with Crippen LogP contribution in [-0.2, 0) is 0 Å². The van der Waals surface area contributed by atoms with Crippen molar-refractivity contribution < 1.29 is 4.79 Å². The van der Waals surface area contributed by atoms with Gasteiger partial charge in [0.15, 0.2) is 5.69 Å². The Bertz CT molecular complexity index is 500. The normalized spacial score (nSPS) is 15.5. The molecule has 0 atom stereocenters. The smallest absolute Gasteiger partial charge is 0.273 e. The number of nitrogens with zero attached hydrogens (tertiary/aromatic N) is 4. The fraction of sp³-hybridized carbons (Fsp3) is 0.800. The molecule has 1 aromatic heterocycles. The molecule has 2 heterocycles. The van der Waals surface area contributed by atoms with Crippen LogP contribution in [0.1, 0.15) is 43.2 Å². The Balaban J connectivity index is 0.00000264. The number of hydrogen-bond acceptors (Lipinski definition) is 5. The van der Waals surface area contributed by atoms with Gasteiger partial charge in [0, 0.05) is 13.1 Å². The van der Waals surface area contributed by atoms with Crippen LogP contribution in [-0.4, -0.2) is 66.1 Å². The van der Waals surface area contributed by atoms with Gasteiger partial charge in [0.25, 0.3) is 5.91 Å². The molecule has 24 heavy (non-hydrogen) atoms. The van der Waals surface area contributed by atoms with Crippen molar-refractivity contribution in [3.8, 4) is 0 Å². The van der Waals surface area contributed by atoms with Gasteiger partial charge in [0.1, 0.15) is 0 Å². The average Bonchev–Trinajstić information content (AvgIpc) is 2.94. The summed E-state index contributed by atoms with van der Waals surface area (Å²) in [7, 11) is 4.07. The molecule has 0 saturated carbocycles. The lowest BCUT2D eigenvalue weighted by Crippen LogP contribution is -2.40. The standard InChI is InChI=1S/C15H28N6O.2ClH/c1-15(2,11-20(3)4)10-17-14(22)13-9-21(19-18-13)12-5-7-16-8-6-12;;/h9,12,16H,5-8,10-11H2,1-4H3,(H,17,22);2*1H. The summed E-state index contributed by atoms with van der Waals surface area (Å²) >= 11 is 0. The number of halogens is 2. The van der Waals surface area contributed by atoms with Gasteiger partial charge in [-0.05, 0) is 45.4 Å². The van der Waals surface area contributed by atoms with Crippen LogP contribution >= 0.6 is 24.8 Å². The molecular formula is C15H30Cl2N6O. The molecule has 1 aliphatic rings. The van der Waals surface area contributed by atoms with Crippen molar-refractivity contribution in [2.75, 3.05) is 40.3 Å². The molecule has 0 aliphatic carbocycles. The highest BCUT2D eigenvalue weighted by molar-refractivity contribution is 5.91. The second-order valence-electron chi connectivity index (χ2n) is 7.15. The summed E-state index contributed by atoms with van der Waals surface area (Å²) in [6.07, 6.45) is 3.82. The van der Waals surface area contributed by atoms with E-state index >= 15 is 0 Å². The Labute approximate surface area is 156 Å². The molecule has 0 aromatic carbocycles. The van der Waals surface area contributed by atoms with E-state index in [1.165, 1.54) is 0 Å². The van der Waals surface area contributed by atoms with Crippen molar-refractivity contribution in [1.82, 2.24) is 30.5 Å². The van der Waals surface area contributed by atoms with E-state index in [2.05, 4.69) is 39.7 Å². The summed E-state index contributed by atoms with van der Waals surface area (Å²) in [5.41, 5.74) is 0.420. The monoisotopic (exact) mass is 380 g/mol. The molecule has 1 amide bonds. The van der Waals surface area contributed by atoms with Crippen LogP contribution in [0.3, 0.4) is 0 Å². The maximum atomic E-state index is 12.2. The third kappa shape index (κ3) is 6.93. The van der Waals surface area contributed by atoms with E-state index in [9.17, 15) is 4.79 Å². The highest BCUT2D eigenvalue weighted by Gasteiger charge is 2.22. The lowest BCUT2D eigenvalue weighted by atomic mass is 9.93. The summed E-state index contributed by atoms with van der Waals surface area (Å²) < 4.78 is 1.83. The fourth-order valence-corrected chi connectivity index (χ4v) is 2.95. The molecule has 1 saturated heterocycles. The Morgan fingerprint density at radius 1 is 1.38 bits per heavy atom. The lowest BCUT2D eigenvalue weighted by Gasteiger charge is -2.28. The zero-order valence-electron chi connectivity index (χ0n) is 14.9. The topological polar surface area (TPSA) is 75.1 Å². The summed E-state index contributed by atoms with van der Waals surface area (Å²) in [5.74, 6) is -0.146. The second kappa shape index (κ2) is 10.2. The SMILES string of the molecule is CN(C)CC(C)(C)CNC(=O)c1cn(C2CCNCC2)nn1.Cl.Cl. The number of carbonyl (C=O) groups is 1. The zero-order chi connectivity index (χ0) is 16.2. The minimum Gasteiger partial charge on any atom is -0.350 e. The van der Waals surface area contributed by atoms with Crippen molar-refractivity contribution in [3.05, 3.63) is 11.9 Å². The minimum atomic E-state index is -0.146. The van der Waals surface area contributed by atoms with Crippen molar-refractivity contribution in [1.29, 1.82) is 0 Å². The van der Waals surface area contributed by atoms with Gasteiger partial charge in [-0.1, -0.05) is 19.1 Å². The molecular weight excluding hydrogens is 351 g/mol. The van der Waals surface area contributed by atoms with Crippen LogP contribution in [0, 0.1) is 5.41 Å². The summed E-state index contributed by atoms with van der Waals surface area (Å²) in [4.78, 5) is 14.3. The molecule has 7 nitrogen and oxygen atoms in total. The van der Waals surface area contributed by atoms with Crippen LogP contribution in [0.25, 0.3) is 0 Å². The summed E-state index contributed by atoms with van der Waals surface area (Å²) in [5, 5.41) is 14.4. The molecule has 2 rings (SSSR count). The molecule has 2 N–H and O–H groups in total. The van der Waals surface area contributed by atoms with E-state index in [1.807, 2.05) is 18.8 Å². The molecule has 0 bridgehead atoms. The maximum absolute atomic E-state index is 12.2. The first-order valence-electron chi connectivity index (χ1n) is 7.93. The molecule has 1 fully saturated rings. The summed E-state index contributed by atoms with van der Waals surface area (Å²) in [6.45, 7) is 7.78. The van der Waals surface area contributed by atoms with Gasteiger partial charge in [-0.15, -0.1) is 29.9 Å². The lowest BCUT2D eigenvalue weighted by molar-refractivity contribution is 0.0924.